The lowest BCUT2D eigenvalue weighted by atomic mass is 10.2. The van der Waals surface area contributed by atoms with Crippen LogP contribution in [0, 0.1) is 0 Å². The highest BCUT2D eigenvalue weighted by molar-refractivity contribution is 5.89. The molecule has 0 bridgehead atoms. The second kappa shape index (κ2) is 7.63. The second-order valence-corrected chi connectivity index (χ2v) is 5.34. The lowest BCUT2D eigenvalue weighted by molar-refractivity contribution is -0.134. The van der Waals surface area contributed by atoms with Crippen molar-refractivity contribution in [3.63, 3.8) is 0 Å². The van der Waals surface area contributed by atoms with E-state index >= 15 is 0 Å². The van der Waals surface area contributed by atoms with Crippen molar-refractivity contribution in [2.45, 2.75) is 39.7 Å². The molecule has 0 radical (unpaired) electrons. The summed E-state index contributed by atoms with van der Waals surface area (Å²) in [4.78, 5) is 23.3. The van der Waals surface area contributed by atoms with E-state index in [9.17, 15) is 14.0 Å². The van der Waals surface area contributed by atoms with Crippen molar-refractivity contribution < 1.29 is 28.2 Å². The largest absolute Gasteiger partial charge is 0.459 e. The van der Waals surface area contributed by atoms with E-state index in [0.29, 0.717) is 0 Å². The summed E-state index contributed by atoms with van der Waals surface area (Å²) in [7, 11) is 0. The first-order valence-corrected chi connectivity index (χ1v) is 6.79. The molecule has 0 heterocycles. The molecule has 122 valence electrons. The van der Waals surface area contributed by atoms with E-state index in [2.05, 4.69) is 5.32 Å². The third kappa shape index (κ3) is 5.59. The first kappa shape index (κ1) is 17.7. The highest BCUT2D eigenvalue weighted by Gasteiger charge is 2.20. The van der Waals surface area contributed by atoms with Crippen LogP contribution < -0.4 is 14.8 Å². The van der Waals surface area contributed by atoms with Crippen molar-refractivity contribution >= 4 is 17.7 Å². The maximum Gasteiger partial charge on any atom is 0.412 e. The van der Waals surface area contributed by atoms with Gasteiger partial charge in [0.1, 0.15) is 5.60 Å². The number of benzene rings is 1. The van der Waals surface area contributed by atoms with E-state index < -0.39 is 24.5 Å². The summed E-state index contributed by atoms with van der Waals surface area (Å²) < 4.78 is 27.4. The fourth-order valence-electron chi connectivity index (χ4n) is 1.49. The minimum absolute atomic E-state index is 0.0119. The maximum atomic E-state index is 12.4. The van der Waals surface area contributed by atoms with Crippen molar-refractivity contribution in [2.75, 3.05) is 12.2 Å². The molecule has 1 aromatic carbocycles. The quantitative estimate of drug-likeness (QED) is 0.663. The molecule has 1 rings (SSSR count). The van der Waals surface area contributed by atoms with Gasteiger partial charge in [0.05, 0.1) is 5.69 Å². The van der Waals surface area contributed by atoms with Crippen LogP contribution in [0.3, 0.4) is 0 Å². The molecular formula is C15H20FNO5. The first-order chi connectivity index (χ1) is 10.3. The maximum absolute atomic E-state index is 12.4. The number of alkyl halides is 1. The number of esters is 1. The third-order valence-corrected chi connectivity index (χ3v) is 2.33. The smallest absolute Gasteiger partial charge is 0.412 e. The van der Waals surface area contributed by atoms with Gasteiger partial charge >= 0.3 is 12.1 Å². The number of halogens is 1. The van der Waals surface area contributed by atoms with Crippen LogP contribution in [0.5, 0.6) is 11.5 Å². The Hall–Kier alpha value is -2.31. The number of carbonyl (C=O) groups is 2. The number of carbonyl (C=O) groups excluding carboxylic acids is 2. The number of anilines is 1. The van der Waals surface area contributed by atoms with E-state index in [4.69, 9.17) is 14.2 Å². The Bertz CT molecular complexity index is 539. The van der Waals surface area contributed by atoms with E-state index in [0.717, 1.165) is 0 Å². The topological polar surface area (TPSA) is 73.9 Å². The van der Waals surface area contributed by atoms with Gasteiger partial charge in [0.2, 0.25) is 6.86 Å². The van der Waals surface area contributed by atoms with Crippen molar-refractivity contribution in [2.24, 2.45) is 0 Å². The molecule has 0 aliphatic carbocycles. The molecule has 6 nitrogen and oxygen atoms in total. The molecular weight excluding hydrogens is 293 g/mol. The molecule has 22 heavy (non-hydrogen) atoms. The fourth-order valence-corrected chi connectivity index (χ4v) is 1.49. The van der Waals surface area contributed by atoms with Crippen LogP contribution in [0.4, 0.5) is 14.9 Å². The monoisotopic (exact) mass is 313 g/mol. The van der Waals surface area contributed by atoms with Crippen LogP contribution in [0.15, 0.2) is 18.2 Å². The molecule has 0 atom stereocenters. The summed E-state index contributed by atoms with van der Waals surface area (Å²) in [6.07, 6.45) is -0.603. The highest BCUT2D eigenvalue weighted by Crippen LogP contribution is 2.36. The average Bonchev–Trinajstić information content (AvgIpc) is 2.40. The standard InChI is InChI=1S/C15H20FNO5/c1-5-12(18)21-13-10(7-6-8-11(13)20-9-16)17-14(19)22-15(2,3)4/h6-8H,5,9H2,1-4H3,(H,17,19). The van der Waals surface area contributed by atoms with E-state index in [1.165, 1.54) is 18.2 Å². The van der Waals surface area contributed by atoms with Crippen molar-refractivity contribution in [3.05, 3.63) is 18.2 Å². The van der Waals surface area contributed by atoms with Crippen LogP contribution in [-0.2, 0) is 9.53 Å². The van der Waals surface area contributed by atoms with Crippen molar-refractivity contribution in [3.8, 4) is 11.5 Å². The molecule has 0 spiro atoms. The number of amides is 1. The van der Waals surface area contributed by atoms with Gasteiger partial charge in [-0.05, 0) is 32.9 Å². The minimum Gasteiger partial charge on any atom is -0.459 e. The molecule has 0 aliphatic rings. The lowest BCUT2D eigenvalue weighted by Crippen LogP contribution is -2.27. The Morgan fingerprint density at radius 3 is 2.50 bits per heavy atom. The molecule has 0 saturated heterocycles. The Balaban J connectivity index is 3.04. The molecule has 0 aromatic heterocycles. The number of hydrogen-bond donors (Lipinski definition) is 1. The highest BCUT2D eigenvalue weighted by atomic mass is 19.1. The molecule has 0 unspecified atom stereocenters. The van der Waals surface area contributed by atoms with E-state index in [-0.39, 0.29) is 23.6 Å². The number of nitrogens with one attached hydrogen (secondary N) is 1. The van der Waals surface area contributed by atoms with Gasteiger partial charge in [-0.2, -0.15) is 0 Å². The van der Waals surface area contributed by atoms with Gasteiger partial charge in [-0.25, -0.2) is 9.18 Å². The molecule has 0 aliphatic heterocycles. The zero-order chi connectivity index (χ0) is 16.8. The first-order valence-electron chi connectivity index (χ1n) is 6.79. The Morgan fingerprint density at radius 1 is 1.27 bits per heavy atom. The summed E-state index contributed by atoms with van der Waals surface area (Å²) >= 11 is 0. The molecule has 0 saturated carbocycles. The predicted molar refractivity (Wildman–Crippen MR) is 78.8 cm³/mol. The van der Waals surface area contributed by atoms with E-state index in [1.54, 1.807) is 27.7 Å². The number of ether oxygens (including phenoxy) is 3. The van der Waals surface area contributed by atoms with Crippen molar-refractivity contribution in [1.82, 2.24) is 0 Å². The normalized spacial score (nSPS) is 10.8. The summed E-state index contributed by atoms with van der Waals surface area (Å²) in [5.41, 5.74) is -0.529. The van der Waals surface area contributed by atoms with Gasteiger partial charge in [-0.3, -0.25) is 10.1 Å². The lowest BCUT2D eigenvalue weighted by Gasteiger charge is -2.20. The Morgan fingerprint density at radius 2 is 1.95 bits per heavy atom. The SMILES string of the molecule is CCC(=O)Oc1c(NC(=O)OC(C)(C)C)cccc1OCF. The Labute approximate surface area is 128 Å². The zero-order valence-electron chi connectivity index (χ0n) is 13.1. The van der Waals surface area contributed by atoms with Crippen LogP contribution in [-0.4, -0.2) is 24.5 Å². The van der Waals surface area contributed by atoms with Gasteiger partial charge in [0, 0.05) is 6.42 Å². The van der Waals surface area contributed by atoms with Crippen LogP contribution in [0.25, 0.3) is 0 Å². The molecule has 1 amide bonds. The molecule has 1 N–H and O–H groups in total. The average molecular weight is 313 g/mol. The number of rotatable bonds is 5. The van der Waals surface area contributed by atoms with Gasteiger partial charge in [0.25, 0.3) is 0 Å². The van der Waals surface area contributed by atoms with Crippen molar-refractivity contribution in [1.29, 1.82) is 0 Å². The minimum atomic E-state index is -1.09. The molecule has 7 heteroatoms. The van der Waals surface area contributed by atoms with Crippen LogP contribution in [0.2, 0.25) is 0 Å². The summed E-state index contributed by atoms with van der Waals surface area (Å²) in [5, 5.41) is 2.45. The van der Waals surface area contributed by atoms with Gasteiger partial charge in [0.15, 0.2) is 11.5 Å². The fraction of sp³-hybridized carbons (Fsp3) is 0.467. The second-order valence-electron chi connectivity index (χ2n) is 5.34. The molecule has 1 aromatic rings. The third-order valence-electron chi connectivity index (χ3n) is 2.33. The van der Waals surface area contributed by atoms with Gasteiger partial charge in [-0.15, -0.1) is 0 Å². The zero-order valence-corrected chi connectivity index (χ0v) is 13.1. The number of para-hydroxylation sites is 1. The predicted octanol–water partition coefficient (Wildman–Crippen LogP) is 3.65. The summed E-state index contributed by atoms with van der Waals surface area (Å²) in [6, 6.07) is 4.45. The van der Waals surface area contributed by atoms with Gasteiger partial charge < -0.3 is 14.2 Å². The number of hydrogen-bond acceptors (Lipinski definition) is 5. The summed E-state index contributed by atoms with van der Waals surface area (Å²) in [6.45, 7) is 5.67. The van der Waals surface area contributed by atoms with Crippen LogP contribution >= 0.6 is 0 Å². The van der Waals surface area contributed by atoms with Crippen LogP contribution in [0.1, 0.15) is 34.1 Å². The Kier molecular flexibility index (Phi) is 6.15. The van der Waals surface area contributed by atoms with Gasteiger partial charge in [-0.1, -0.05) is 13.0 Å². The summed E-state index contributed by atoms with van der Waals surface area (Å²) in [5.74, 6) is -0.585. The molecule has 0 fully saturated rings. The van der Waals surface area contributed by atoms with E-state index in [1.807, 2.05) is 0 Å².